The van der Waals surface area contributed by atoms with Crippen LogP contribution < -0.4 is 4.72 Å². The van der Waals surface area contributed by atoms with Gasteiger partial charge in [0.1, 0.15) is 5.82 Å². The molecule has 7 heteroatoms. The molecule has 1 amide bonds. The van der Waals surface area contributed by atoms with Crippen molar-refractivity contribution in [2.75, 3.05) is 17.8 Å². The molecule has 24 heavy (non-hydrogen) atoms. The number of amides is 1. The average molecular weight is 348 g/mol. The van der Waals surface area contributed by atoms with Crippen molar-refractivity contribution in [3.8, 4) is 0 Å². The van der Waals surface area contributed by atoms with Gasteiger partial charge in [0.15, 0.2) is 0 Å². The highest BCUT2D eigenvalue weighted by Gasteiger charge is 2.22. The van der Waals surface area contributed by atoms with Crippen LogP contribution in [0, 0.1) is 12.7 Å². The van der Waals surface area contributed by atoms with Gasteiger partial charge in [0, 0.05) is 24.3 Å². The number of likely N-dealkylation sites (tertiary alicyclic amines) is 1. The lowest BCUT2D eigenvalue weighted by Crippen LogP contribution is -2.42. The number of hydrogen-bond acceptors (Lipinski definition) is 3. The molecule has 0 spiro atoms. The summed E-state index contributed by atoms with van der Waals surface area (Å²) in [5, 5.41) is 0. The summed E-state index contributed by atoms with van der Waals surface area (Å²) in [5.74, 6) is -0.705. The Morgan fingerprint density at radius 2 is 1.92 bits per heavy atom. The maximum atomic E-state index is 13.6. The highest BCUT2D eigenvalue weighted by Crippen LogP contribution is 2.21. The highest BCUT2D eigenvalue weighted by molar-refractivity contribution is 7.92. The molecular weight excluding hydrogens is 331 g/mol. The summed E-state index contributed by atoms with van der Waals surface area (Å²) in [6.45, 7) is 3.00. The Bertz CT molecular complexity index is 892. The van der Waals surface area contributed by atoms with Crippen molar-refractivity contribution in [3.05, 3.63) is 59.4 Å². The van der Waals surface area contributed by atoms with Crippen molar-refractivity contribution in [1.82, 2.24) is 4.90 Å². The number of aryl methyl sites for hydroxylation is 1. The Hall–Kier alpha value is -2.41. The maximum absolute atomic E-state index is 13.6. The van der Waals surface area contributed by atoms with E-state index < -0.39 is 15.8 Å². The smallest absolute Gasteiger partial charge is 0.261 e. The molecule has 0 saturated carbocycles. The molecule has 0 radical (unpaired) electrons. The van der Waals surface area contributed by atoms with E-state index in [0.717, 1.165) is 25.6 Å². The fraction of sp³-hybridized carbons (Fsp3) is 0.235. The molecule has 0 aromatic heterocycles. The Labute approximate surface area is 140 Å². The summed E-state index contributed by atoms with van der Waals surface area (Å²) in [6.07, 6.45) is 0.983. The molecule has 126 valence electrons. The quantitative estimate of drug-likeness (QED) is 0.924. The van der Waals surface area contributed by atoms with E-state index in [1.165, 1.54) is 18.2 Å². The molecule has 5 nitrogen and oxygen atoms in total. The van der Waals surface area contributed by atoms with Crippen LogP contribution in [-0.2, 0) is 10.0 Å². The lowest BCUT2D eigenvalue weighted by molar-refractivity contribution is 0.0652. The van der Waals surface area contributed by atoms with E-state index in [9.17, 15) is 17.6 Å². The molecule has 0 atom stereocenters. The van der Waals surface area contributed by atoms with Crippen LogP contribution in [0.4, 0.5) is 10.1 Å². The van der Waals surface area contributed by atoms with E-state index >= 15 is 0 Å². The van der Waals surface area contributed by atoms with Gasteiger partial charge in [-0.2, -0.15) is 0 Å². The van der Waals surface area contributed by atoms with Gasteiger partial charge in [-0.05, 0) is 49.2 Å². The molecule has 1 aliphatic heterocycles. The molecule has 2 aromatic carbocycles. The number of sulfonamides is 1. The number of nitrogens with one attached hydrogen (secondary N) is 1. The number of nitrogens with zero attached hydrogens (tertiary/aromatic N) is 1. The van der Waals surface area contributed by atoms with Gasteiger partial charge in [-0.15, -0.1) is 0 Å². The second kappa shape index (κ2) is 6.24. The van der Waals surface area contributed by atoms with Gasteiger partial charge in [-0.25, -0.2) is 12.8 Å². The lowest BCUT2D eigenvalue weighted by atomic mass is 10.1. The standard InChI is InChI=1S/C17H17FN2O3S/c1-12-6-7-15(11-16(12)18)24(22,23)19-14-5-2-4-13(10-14)17(21)20-8-3-9-20/h2,4-7,10-11,19H,3,8-9H2,1H3. The van der Waals surface area contributed by atoms with Crippen LogP contribution in [-0.4, -0.2) is 32.3 Å². The Morgan fingerprint density at radius 3 is 2.54 bits per heavy atom. The van der Waals surface area contributed by atoms with Crippen LogP contribution >= 0.6 is 0 Å². The first-order valence-electron chi connectivity index (χ1n) is 7.55. The van der Waals surface area contributed by atoms with Crippen molar-refractivity contribution in [1.29, 1.82) is 0 Å². The number of rotatable bonds is 4. The van der Waals surface area contributed by atoms with Crippen molar-refractivity contribution < 1.29 is 17.6 Å². The third kappa shape index (κ3) is 3.26. The van der Waals surface area contributed by atoms with Crippen molar-refractivity contribution >= 4 is 21.6 Å². The number of halogens is 1. The number of anilines is 1. The van der Waals surface area contributed by atoms with Crippen LogP contribution in [0.3, 0.4) is 0 Å². The summed E-state index contributed by atoms with van der Waals surface area (Å²) < 4.78 is 40.7. The van der Waals surface area contributed by atoms with E-state index in [-0.39, 0.29) is 16.5 Å². The van der Waals surface area contributed by atoms with Crippen molar-refractivity contribution in [2.45, 2.75) is 18.2 Å². The monoisotopic (exact) mass is 348 g/mol. The number of carbonyl (C=O) groups excluding carboxylic acids is 1. The van der Waals surface area contributed by atoms with Gasteiger partial charge in [-0.1, -0.05) is 12.1 Å². The molecule has 1 saturated heterocycles. The number of benzene rings is 2. The Balaban J connectivity index is 1.84. The zero-order valence-corrected chi connectivity index (χ0v) is 13.9. The minimum atomic E-state index is -3.92. The SMILES string of the molecule is Cc1ccc(S(=O)(=O)Nc2cccc(C(=O)N3CCC3)c2)cc1F. The molecule has 1 N–H and O–H groups in total. The Morgan fingerprint density at radius 1 is 1.17 bits per heavy atom. The average Bonchev–Trinajstić information content (AvgIpc) is 2.48. The maximum Gasteiger partial charge on any atom is 0.261 e. The number of carbonyl (C=O) groups is 1. The van der Waals surface area contributed by atoms with E-state index in [1.807, 2.05) is 0 Å². The molecule has 0 aliphatic carbocycles. The molecule has 2 aromatic rings. The van der Waals surface area contributed by atoms with Gasteiger partial charge >= 0.3 is 0 Å². The largest absolute Gasteiger partial charge is 0.339 e. The highest BCUT2D eigenvalue weighted by atomic mass is 32.2. The molecule has 1 heterocycles. The predicted octanol–water partition coefficient (Wildman–Crippen LogP) is 2.78. The lowest BCUT2D eigenvalue weighted by Gasteiger charge is -2.31. The van der Waals surface area contributed by atoms with Crippen molar-refractivity contribution in [3.63, 3.8) is 0 Å². The topological polar surface area (TPSA) is 66.5 Å². The molecular formula is C17H17FN2O3S. The second-order valence-corrected chi connectivity index (χ2v) is 7.43. The minimum Gasteiger partial charge on any atom is -0.339 e. The molecule has 0 unspecified atom stereocenters. The zero-order chi connectivity index (χ0) is 17.3. The van der Waals surface area contributed by atoms with Crippen LogP contribution in [0.15, 0.2) is 47.4 Å². The van der Waals surface area contributed by atoms with Crippen LogP contribution in [0.5, 0.6) is 0 Å². The summed E-state index contributed by atoms with van der Waals surface area (Å²) in [5.41, 5.74) is 1.06. The van der Waals surface area contributed by atoms with Gasteiger partial charge in [-0.3, -0.25) is 9.52 Å². The molecule has 0 bridgehead atoms. The fourth-order valence-electron chi connectivity index (χ4n) is 2.37. The first kappa shape index (κ1) is 16.4. The molecule has 1 fully saturated rings. The fourth-order valence-corrected chi connectivity index (χ4v) is 3.43. The first-order valence-corrected chi connectivity index (χ1v) is 9.03. The van der Waals surface area contributed by atoms with E-state index in [0.29, 0.717) is 11.1 Å². The van der Waals surface area contributed by atoms with Crippen molar-refractivity contribution in [2.24, 2.45) is 0 Å². The second-order valence-electron chi connectivity index (χ2n) is 5.74. The first-order chi connectivity index (χ1) is 11.4. The van der Waals surface area contributed by atoms with Gasteiger partial charge < -0.3 is 4.90 Å². The van der Waals surface area contributed by atoms with E-state index in [4.69, 9.17) is 0 Å². The summed E-state index contributed by atoms with van der Waals surface area (Å²) >= 11 is 0. The third-order valence-corrected chi connectivity index (χ3v) is 5.34. The van der Waals surface area contributed by atoms with E-state index in [1.54, 1.807) is 30.0 Å². The third-order valence-electron chi connectivity index (χ3n) is 3.96. The molecule has 1 aliphatic rings. The van der Waals surface area contributed by atoms with Crippen LogP contribution in [0.1, 0.15) is 22.3 Å². The number of hydrogen-bond donors (Lipinski definition) is 1. The summed E-state index contributed by atoms with van der Waals surface area (Å²) in [4.78, 5) is 13.7. The summed E-state index contributed by atoms with van der Waals surface area (Å²) in [7, 11) is -3.92. The normalized spacial score (nSPS) is 14.2. The minimum absolute atomic E-state index is 0.122. The predicted molar refractivity (Wildman–Crippen MR) is 88.9 cm³/mol. The Kier molecular flexibility index (Phi) is 4.28. The summed E-state index contributed by atoms with van der Waals surface area (Å²) in [6, 6.07) is 10.0. The van der Waals surface area contributed by atoms with Crippen LogP contribution in [0.25, 0.3) is 0 Å². The van der Waals surface area contributed by atoms with Gasteiger partial charge in [0.05, 0.1) is 4.90 Å². The van der Waals surface area contributed by atoms with E-state index in [2.05, 4.69) is 4.72 Å². The van der Waals surface area contributed by atoms with Gasteiger partial charge in [0.25, 0.3) is 15.9 Å². The van der Waals surface area contributed by atoms with Gasteiger partial charge in [0.2, 0.25) is 0 Å². The molecule has 3 rings (SSSR count). The zero-order valence-electron chi connectivity index (χ0n) is 13.1. The van der Waals surface area contributed by atoms with Crippen LogP contribution in [0.2, 0.25) is 0 Å².